The van der Waals surface area contributed by atoms with Crippen LogP contribution in [0.2, 0.25) is 0 Å². The van der Waals surface area contributed by atoms with Crippen molar-refractivity contribution in [2.45, 2.75) is 134 Å². The van der Waals surface area contributed by atoms with Crippen molar-refractivity contribution in [2.75, 3.05) is 0 Å². The topological polar surface area (TPSA) is 83.5 Å². The van der Waals surface area contributed by atoms with Crippen molar-refractivity contribution in [2.24, 2.45) is 46.3 Å². The highest BCUT2D eigenvalue weighted by atomic mass is 16.8. The van der Waals surface area contributed by atoms with Crippen LogP contribution in [-0.4, -0.2) is 58.8 Å². The summed E-state index contributed by atoms with van der Waals surface area (Å²) < 4.78 is 33.5. The van der Waals surface area contributed by atoms with Gasteiger partial charge in [0.2, 0.25) is 0 Å². The summed E-state index contributed by atoms with van der Waals surface area (Å²) in [5.41, 5.74) is -0.754. The molecule has 0 aromatic carbocycles. The van der Waals surface area contributed by atoms with E-state index in [1.165, 1.54) is 13.3 Å². The molecule has 0 amide bonds. The number of hydrogen-bond acceptors (Lipinski definition) is 7. The Morgan fingerprint density at radius 1 is 1.00 bits per heavy atom. The van der Waals surface area contributed by atoms with Gasteiger partial charge >= 0.3 is 5.97 Å². The fourth-order valence-corrected chi connectivity index (χ4v) is 11.9. The van der Waals surface area contributed by atoms with Crippen LogP contribution in [0.3, 0.4) is 0 Å². The first-order valence-electron chi connectivity index (χ1n) is 14.9. The lowest BCUT2D eigenvalue weighted by atomic mass is 9.44. The smallest absolute Gasteiger partial charge is 0.302 e. The molecule has 7 heteroatoms. The van der Waals surface area contributed by atoms with Crippen molar-refractivity contribution in [3.8, 4) is 0 Å². The summed E-state index contributed by atoms with van der Waals surface area (Å²) in [6, 6.07) is 0. The number of rotatable bonds is 1. The Balaban J connectivity index is 1.15. The SMILES string of the molecule is CC(=O)O[C@@H]1C[C@@]2(C)[C@@H](CC[C@@H]3[C@@H]2[C@@H]2C[C@]45C(O2)O[C@]2(C)[C@H]4[C@H](C[C@@H]35)O[C@]23C[C@H](C)C(C)(C)O3)C[C@@H]1O. The van der Waals surface area contributed by atoms with Crippen LogP contribution in [0.5, 0.6) is 0 Å². The lowest BCUT2D eigenvalue weighted by Crippen LogP contribution is -2.60. The third-order valence-electron chi connectivity index (χ3n) is 13.5. The summed E-state index contributed by atoms with van der Waals surface area (Å²) in [6.07, 6.45) is 5.78. The number of aliphatic hydroxyl groups is 1. The Morgan fingerprint density at radius 2 is 1.78 bits per heavy atom. The molecular formula is C30H44O7. The van der Waals surface area contributed by atoms with Crippen molar-refractivity contribution in [3.05, 3.63) is 0 Å². The first-order valence-corrected chi connectivity index (χ1v) is 14.9. The van der Waals surface area contributed by atoms with E-state index in [0.717, 1.165) is 32.1 Å². The highest BCUT2D eigenvalue weighted by Gasteiger charge is 2.87. The van der Waals surface area contributed by atoms with Crippen molar-refractivity contribution in [1.82, 2.24) is 0 Å². The van der Waals surface area contributed by atoms with Crippen LogP contribution in [0.1, 0.15) is 86.5 Å². The summed E-state index contributed by atoms with van der Waals surface area (Å²) in [6.45, 7) is 12.7. The van der Waals surface area contributed by atoms with E-state index in [2.05, 4.69) is 34.6 Å². The second-order valence-electron chi connectivity index (χ2n) is 15.2. The molecule has 4 aliphatic carbocycles. The Labute approximate surface area is 220 Å². The van der Waals surface area contributed by atoms with Gasteiger partial charge in [-0.3, -0.25) is 4.79 Å². The summed E-state index contributed by atoms with van der Waals surface area (Å²) in [4.78, 5) is 11.8. The molecule has 8 fully saturated rings. The minimum atomic E-state index is -0.689. The molecule has 1 unspecified atom stereocenters. The number of ether oxygens (including phenoxy) is 5. The van der Waals surface area contributed by atoms with E-state index in [1.54, 1.807) is 0 Å². The molecule has 206 valence electrons. The van der Waals surface area contributed by atoms with Crippen molar-refractivity contribution in [3.63, 3.8) is 0 Å². The standard InChI is InChI=1S/C30H44O7/c1-14-11-30(37-26(14,3)4)28(6)24-20(35-30)10-18-17-8-7-16-9-19(32)21(33-15(2)31)12-27(16,5)23(17)22-13-29(18,24)25(34-22)36-28/h14,16-25,32H,7-13H2,1-6H3/t14-,16-,17-,18-,19-,20-,21+,22-,23+,24+,25?,27-,28+,29+,30-/m0/s1. The predicted octanol–water partition coefficient (Wildman–Crippen LogP) is 4.19. The van der Waals surface area contributed by atoms with Gasteiger partial charge in [-0.25, -0.2) is 0 Å². The van der Waals surface area contributed by atoms with Gasteiger partial charge in [-0.1, -0.05) is 13.8 Å². The van der Waals surface area contributed by atoms with Gasteiger partial charge in [0.15, 0.2) is 12.1 Å². The molecule has 1 N–H and O–H groups in total. The molecule has 4 heterocycles. The van der Waals surface area contributed by atoms with Crippen LogP contribution in [-0.2, 0) is 28.5 Å². The van der Waals surface area contributed by atoms with Crippen LogP contribution in [0.4, 0.5) is 0 Å². The molecule has 4 saturated heterocycles. The summed E-state index contributed by atoms with van der Waals surface area (Å²) in [7, 11) is 0. The summed E-state index contributed by atoms with van der Waals surface area (Å²) in [5.74, 6) is 1.58. The third kappa shape index (κ3) is 2.61. The van der Waals surface area contributed by atoms with Gasteiger partial charge in [-0.2, -0.15) is 0 Å². The monoisotopic (exact) mass is 516 g/mol. The Bertz CT molecular complexity index is 1040. The van der Waals surface area contributed by atoms with Crippen molar-refractivity contribution >= 4 is 5.97 Å². The van der Waals surface area contributed by atoms with E-state index >= 15 is 0 Å². The lowest BCUT2D eigenvalue weighted by Gasteiger charge is -2.61. The van der Waals surface area contributed by atoms with Crippen LogP contribution < -0.4 is 0 Å². The highest BCUT2D eigenvalue weighted by Crippen LogP contribution is 2.80. The molecule has 8 rings (SSSR count). The summed E-state index contributed by atoms with van der Waals surface area (Å²) in [5, 5.41) is 10.8. The molecule has 7 nitrogen and oxygen atoms in total. The predicted molar refractivity (Wildman–Crippen MR) is 132 cm³/mol. The zero-order valence-electron chi connectivity index (χ0n) is 23.2. The molecule has 4 aliphatic heterocycles. The van der Waals surface area contributed by atoms with E-state index in [0.29, 0.717) is 41.9 Å². The van der Waals surface area contributed by atoms with Gasteiger partial charge in [0.05, 0.1) is 23.9 Å². The molecular weight excluding hydrogens is 472 g/mol. The van der Waals surface area contributed by atoms with Gasteiger partial charge in [0.1, 0.15) is 11.7 Å². The molecule has 2 bridgehead atoms. The van der Waals surface area contributed by atoms with Gasteiger partial charge in [-0.05, 0) is 94.3 Å². The zero-order chi connectivity index (χ0) is 25.9. The van der Waals surface area contributed by atoms with Gasteiger partial charge in [-0.15, -0.1) is 0 Å². The first-order chi connectivity index (χ1) is 17.3. The lowest BCUT2D eigenvalue weighted by molar-refractivity contribution is -0.319. The molecule has 0 aromatic heterocycles. The molecule has 4 saturated carbocycles. The van der Waals surface area contributed by atoms with E-state index in [1.807, 2.05) is 0 Å². The van der Waals surface area contributed by atoms with Crippen molar-refractivity contribution < 1.29 is 33.6 Å². The van der Waals surface area contributed by atoms with Crippen molar-refractivity contribution in [1.29, 1.82) is 0 Å². The normalized spacial score (nSPS) is 63.9. The van der Waals surface area contributed by atoms with Gasteiger partial charge in [0.25, 0.3) is 0 Å². The third-order valence-corrected chi connectivity index (χ3v) is 13.5. The molecule has 8 aliphatic rings. The number of hydrogen-bond donors (Lipinski definition) is 1. The van der Waals surface area contributed by atoms with Crippen LogP contribution in [0, 0.1) is 46.3 Å². The average molecular weight is 517 g/mol. The molecule has 37 heavy (non-hydrogen) atoms. The van der Waals surface area contributed by atoms with Gasteiger partial charge < -0.3 is 28.8 Å². The largest absolute Gasteiger partial charge is 0.460 e. The van der Waals surface area contributed by atoms with Crippen LogP contribution >= 0.6 is 0 Å². The van der Waals surface area contributed by atoms with E-state index in [9.17, 15) is 9.90 Å². The fraction of sp³-hybridized carbons (Fsp3) is 0.967. The molecule has 0 radical (unpaired) electrons. The maximum atomic E-state index is 11.8. The Kier molecular flexibility index (Phi) is 4.52. The molecule has 15 atom stereocenters. The van der Waals surface area contributed by atoms with E-state index in [4.69, 9.17) is 23.7 Å². The quantitative estimate of drug-likeness (QED) is 0.523. The first kappa shape index (κ1) is 24.1. The zero-order valence-corrected chi connectivity index (χ0v) is 23.2. The molecule has 0 aromatic rings. The summed E-state index contributed by atoms with van der Waals surface area (Å²) >= 11 is 0. The Hall–Kier alpha value is -0.730. The number of esters is 1. The maximum absolute atomic E-state index is 11.8. The number of aliphatic hydroxyl groups excluding tert-OH is 1. The van der Waals surface area contributed by atoms with Crippen LogP contribution in [0.15, 0.2) is 0 Å². The fourth-order valence-electron chi connectivity index (χ4n) is 11.9. The Morgan fingerprint density at radius 3 is 2.49 bits per heavy atom. The minimum Gasteiger partial charge on any atom is -0.460 e. The second-order valence-corrected chi connectivity index (χ2v) is 15.2. The number of carbonyl (C=O) groups excluding carboxylic acids is 1. The molecule has 2 spiro atoms. The second kappa shape index (κ2) is 6.94. The minimum absolute atomic E-state index is 0.000738. The van der Waals surface area contributed by atoms with E-state index < -0.39 is 23.6 Å². The average Bonchev–Trinajstić information content (AvgIpc) is 3.47. The van der Waals surface area contributed by atoms with Crippen LogP contribution in [0.25, 0.3) is 0 Å². The number of fused-ring (bicyclic) bond motifs is 7. The highest BCUT2D eigenvalue weighted by molar-refractivity contribution is 5.66. The number of carbonyl (C=O) groups is 1. The maximum Gasteiger partial charge on any atom is 0.302 e. The van der Waals surface area contributed by atoms with E-state index in [-0.39, 0.29) is 40.9 Å². The van der Waals surface area contributed by atoms with Gasteiger partial charge in [0, 0.05) is 24.7 Å².